The largest absolute Gasteiger partial charge is 0.250 e. The molecule has 0 amide bonds. The van der Waals surface area contributed by atoms with Crippen molar-refractivity contribution in [2.45, 2.75) is 13.5 Å². The van der Waals surface area contributed by atoms with Gasteiger partial charge >= 0.3 is 0 Å². The number of aromatic nitrogens is 1. The lowest BCUT2D eigenvalue weighted by Crippen LogP contribution is -2.28. The Bertz CT molecular complexity index is 472. The summed E-state index contributed by atoms with van der Waals surface area (Å²) in [6.07, 6.45) is 0. The van der Waals surface area contributed by atoms with Crippen molar-refractivity contribution in [3.8, 4) is 6.07 Å². The minimum Gasteiger partial charge on any atom is -0.250 e. The molecule has 0 radical (unpaired) electrons. The van der Waals surface area contributed by atoms with Crippen molar-refractivity contribution in [3.63, 3.8) is 0 Å². The lowest BCUT2D eigenvalue weighted by Gasteiger charge is -2.13. The van der Waals surface area contributed by atoms with Gasteiger partial charge in [0.15, 0.2) is 5.75 Å². The zero-order chi connectivity index (χ0) is 11.5. The molecule has 0 N–H and O–H groups in total. The summed E-state index contributed by atoms with van der Waals surface area (Å²) < 4.78 is 24.1. The van der Waals surface area contributed by atoms with Gasteiger partial charge in [-0.25, -0.2) is 13.4 Å². The zero-order valence-electron chi connectivity index (χ0n) is 8.47. The Morgan fingerprint density at radius 1 is 1.67 bits per heavy atom. The lowest BCUT2D eigenvalue weighted by atomic mass is 10.4. The smallest absolute Gasteiger partial charge is 0.227 e. The van der Waals surface area contributed by atoms with Crippen molar-refractivity contribution in [1.82, 2.24) is 9.29 Å². The van der Waals surface area contributed by atoms with Crippen LogP contribution in [0.15, 0.2) is 5.51 Å². The van der Waals surface area contributed by atoms with Crippen molar-refractivity contribution in [2.24, 2.45) is 0 Å². The normalized spacial score (nSPS) is 11.6. The molecule has 0 bridgehead atoms. The number of sulfonamides is 1. The summed E-state index contributed by atoms with van der Waals surface area (Å²) in [4.78, 5) is 4.93. The van der Waals surface area contributed by atoms with E-state index in [1.54, 1.807) is 11.6 Å². The van der Waals surface area contributed by atoms with E-state index in [0.717, 1.165) is 10.6 Å². The predicted octanol–water partition coefficient (Wildman–Crippen LogP) is 0.737. The van der Waals surface area contributed by atoms with Crippen molar-refractivity contribution in [2.75, 3.05) is 12.8 Å². The van der Waals surface area contributed by atoms with Crippen LogP contribution in [-0.2, 0) is 16.6 Å². The fraction of sp³-hybridized carbons (Fsp3) is 0.500. The second kappa shape index (κ2) is 4.70. The summed E-state index contributed by atoms with van der Waals surface area (Å²) in [6.45, 7) is 2.11. The van der Waals surface area contributed by atoms with E-state index in [4.69, 9.17) is 5.26 Å². The topological polar surface area (TPSA) is 74.1 Å². The molecule has 0 aliphatic carbocycles. The van der Waals surface area contributed by atoms with Gasteiger partial charge in [-0.2, -0.15) is 9.57 Å². The Hall–Kier alpha value is -0.970. The van der Waals surface area contributed by atoms with E-state index >= 15 is 0 Å². The van der Waals surface area contributed by atoms with E-state index in [9.17, 15) is 8.42 Å². The van der Waals surface area contributed by atoms with Gasteiger partial charge in [0, 0.05) is 18.5 Å². The maximum Gasteiger partial charge on any atom is 0.227 e. The van der Waals surface area contributed by atoms with E-state index in [1.807, 2.05) is 6.92 Å². The number of hydrogen-bond donors (Lipinski definition) is 0. The monoisotopic (exact) mass is 245 g/mol. The Labute approximate surface area is 93.0 Å². The maximum absolute atomic E-state index is 11.5. The maximum atomic E-state index is 11.5. The molecule has 0 aliphatic heterocycles. The molecule has 1 aromatic rings. The van der Waals surface area contributed by atoms with Gasteiger partial charge in [0.2, 0.25) is 10.0 Å². The molecule has 15 heavy (non-hydrogen) atoms. The van der Waals surface area contributed by atoms with Crippen molar-refractivity contribution in [3.05, 3.63) is 16.1 Å². The van der Waals surface area contributed by atoms with Crippen LogP contribution in [-0.4, -0.2) is 30.5 Å². The summed E-state index contributed by atoms with van der Waals surface area (Å²) >= 11 is 1.41. The predicted molar refractivity (Wildman–Crippen MR) is 57.7 cm³/mol. The number of thiazole rings is 1. The van der Waals surface area contributed by atoms with E-state index in [-0.39, 0.29) is 6.54 Å². The van der Waals surface area contributed by atoms with Crippen LogP contribution in [0.1, 0.15) is 10.6 Å². The van der Waals surface area contributed by atoms with Crippen LogP contribution in [0.4, 0.5) is 0 Å². The molecule has 1 heterocycles. The number of nitriles is 1. The number of rotatable bonds is 4. The molecular weight excluding hydrogens is 234 g/mol. The van der Waals surface area contributed by atoms with Crippen LogP contribution in [0.25, 0.3) is 0 Å². The van der Waals surface area contributed by atoms with Gasteiger partial charge in [-0.3, -0.25) is 0 Å². The van der Waals surface area contributed by atoms with Gasteiger partial charge in [-0.15, -0.1) is 11.3 Å². The molecule has 0 aromatic carbocycles. The average molecular weight is 245 g/mol. The summed E-state index contributed by atoms with van der Waals surface area (Å²) in [7, 11) is -1.99. The van der Waals surface area contributed by atoms with Crippen molar-refractivity contribution < 1.29 is 8.42 Å². The first-order chi connectivity index (χ1) is 6.97. The van der Waals surface area contributed by atoms with Crippen molar-refractivity contribution in [1.29, 1.82) is 5.26 Å². The third-order valence-corrected chi connectivity index (χ3v) is 4.43. The summed E-state index contributed by atoms with van der Waals surface area (Å²) in [6, 6.07) is 1.64. The molecule has 0 atom stereocenters. The van der Waals surface area contributed by atoms with Gasteiger partial charge in [0.1, 0.15) is 0 Å². The van der Waals surface area contributed by atoms with Gasteiger partial charge in [-0.1, -0.05) is 0 Å². The number of nitrogens with zero attached hydrogens (tertiary/aromatic N) is 3. The van der Waals surface area contributed by atoms with E-state index in [2.05, 4.69) is 4.98 Å². The van der Waals surface area contributed by atoms with Crippen LogP contribution >= 0.6 is 11.3 Å². The van der Waals surface area contributed by atoms with Crippen molar-refractivity contribution >= 4 is 21.4 Å². The van der Waals surface area contributed by atoms with E-state index < -0.39 is 15.8 Å². The first-order valence-electron chi connectivity index (χ1n) is 4.17. The quantitative estimate of drug-likeness (QED) is 0.784. The zero-order valence-corrected chi connectivity index (χ0v) is 10.1. The average Bonchev–Trinajstić information content (AvgIpc) is 2.52. The highest BCUT2D eigenvalue weighted by molar-refractivity contribution is 7.89. The first-order valence-corrected chi connectivity index (χ1v) is 6.66. The first kappa shape index (κ1) is 12.1. The lowest BCUT2D eigenvalue weighted by molar-refractivity contribution is 0.471. The molecule has 0 unspecified atom stereocenters. The van der Waals surface area contributed by atoms with E-state index in [1.165, 1.54) is 22.7 Å². The molecule has 0 aliphatic rings. The molecule has 1 aromatic heterocycles. The van der Waals surface area contributed by atoms with Gasteiger partial charge in [-0.05, 0) is 6.92 Å². The van der Waals surface area contributed by atoms with Crippen LogP contribution in [0.3, 0.4) is 0 Å². The highest BCUT2D eigenvalue weighted by atomic mass is 32.2. The molecule has 0 saturated heterocycles. The molecule has 5 nitrogen and oxygen atoms in total. The summed E-state index contributed by atoms with van der Waals surface area (Å²) in [5.74, 6) is -0.485. The van der Waals surface area contributed by atoms with Gasteiger partial charge in [0.25, 0.3) is 0 Å². The molecule has 0 saturated carbocycles. The number of aryl methyl sites for hydroxylation is 1. The fourth-order valence-corrected chi connectivity index (χ4v) is 2.59. The van der Waals surface area contributed by atoms with E-state index in [0.29, 0.717) is 0 Å². The summed E-state index contributed by atoms with van der Waals surface area (Å²) in [5.41, 5.74) is 2.51. The molecule has 82 valence electrons. The number of hydrogen-bond acceptors (Lipinski definition) is 5. The second-order valence-electron chi connectivity index (χ2n) is 3.03. The SMILES string of the molecule is Cc1ncsc1CN(C)S(=O)(=O)CC#N. The summed E-state index contributed by atoms with van der Waals surface area (Å²) in [5, 5.41) is 8.37. The Balaban J connectivity index is 2.77. The second-order valence-corrected chi connectivity index (χ2v) is 6.05. The Morgan fingerprint density at radius 2 is 2.33 bits per heavy atom. The van der Waals surface area contributed by atoms with Crippen LogP contribution in [0.2, 0.25) is 0 Å². The van der Waals surface area contributed by atoms with Gasteiger partial charge < -0.3 is 0 Å². The molecule has 7 heteroatoms. The molecular formula is C8H11N3O2S2. The van der Waals surface area contributed by atoms with Crippen LogP contribution in [0, 0.1) is 18.3 Å². The van der Waals surface area contributed by atoms with Gasteiger partial charge in [0.05, 0.1) is 17.3 Å². The minimum absolute atomic E-state index is 0.278. The molecule has 0 spiro atoms. The third kappa shape index (κ3) is 2.99. The minimum atomic E-state index is -3.45. The fourth-order valence-electron chi connectivity index (χ4n) is 0.970. The standard InChI is InChI=1S/C8H11N3O2S2/c1-7-8(14-6-10-7)5-11(2)15(12,13)4-3-9/h6H,4-5H2,1-2H3. The third-order valence-electron chi connectivity index (χ3n) is 1.93. The molecule has 1 rings (SSSR count). The molecule has 0 fully saturated rings. The highest BCUT2D eigenvalue weighted by Gasteiger charge is 2.18. The Kier molecular flexibility index (Phi) is 3.79. The highest BCUT2D eigenvalue weighted by Crippen LogP contribution is 2.15. The van der Waals surface area contributed by atoms with Crippen LogP contribution < -0.4 is 0 Å². The van der Waals surface area contributed by atoms with Crippen LogP contribution in [0.5, 0.6) is 0 Å². The Morgan fingerprint density at radius 3 is 2.80 bits per heavy atom.